The minimum atomic E-state index is -1.36. The van der Waals surface area contributed by atoms with Gasteiger partial charge in [0.1, 0.15) is 5.82 Å². The molecule has 0 aliphatic carbocycles. The van der Waals surface area contributed by atoms with Gasteiger partial charge >= 0.3 is 5.97 Å². The largest absolute Gasteiger partial charge is 0.465 e. The van der Waals surface area contributed by atoms with Crippen molar-refractivity contribution in [3.05, 3.63) is 64.4 Å². The van der Waals surface area contributed by atoms with E-state index < -0.39 is 23.5 Å². The summed E-state index contributed by atoms with van der Waals surface area (Å²) in [5.74, 6) is -3.52. The van der Waals surface area contributed by atoms with Gasteiger partial charge in [-0.1, -0.05) is 17.7 Å². The summed E-state index contributed by atoms with van der Waals surface area (Å²) in [7, 11) is 0. The summed E-state index contributed by atoms with van der Waals surface area (Å²) < 4.78 is 24.9. The van der Waals surface area contributed by atoms with Crippen molar-refractivity contribution in [2.75, 3.05) is 32.9 Å². The molecule has 0 radical (unpaired) electrons. The van der Waals surface area contributed by atoms with E-state index in [0.717, 1.165) is 18.7 Å². The molecular weight excluding hydrogens is 423 g/mol. The third-order valence-electron chi connectivity index (χ3n) is 4.83. The molecule has 1 aliphatic rings. The SMILES string of the molecule is CCOC(=O)C(C=Nc1ccc(Cl)cc1)C(=O)c1cc(CN2CCOCC2)ccc1F. The summed E-state index contributed by atoms with van der Waals surface area (Å²) in [5.41, 5.74) is 1.13. The first kappa shape index (κ1) is 23.1. The number of aliphatic imine (C=N–C) groups is 1. The van der Waals surface area contributed by atoms with Gasteiger partial charge in [-0.25, -0.2) is 4.39 Å². The van der Waals surface area contributed by atoms with Crippen LogP contribution in [0.4, 0.5) is 10.1 Å². The zero-order valence-electron chi connectivity index (χ0n) is 17.2. The molecule has 8 heteroatoms. The van der Waals surface area contributed by atoms with Gasteiger partial charge in [0.05, 0.1) is 31.1 Å². The predicted octanol–water partition coefficient (Wildman–Crippen LogP) is 4.08. The van der Waals surface area contributed by atoms with Crippen LogP contribution in [0.25, 0.3) is 0 Å². The van der Waals surface area contributed by atoms with E-state index in [4.69, 9.17) is 21.1 Å². The number of ketones is 1. The lowest BCUT2D eigenvalue weighted by Crippen LogP contribution is -2.35. The first-order valence-corrected chi connectivity index (χ1v) is 10.4. The number of hydrogen-bond donors (Lipinski definition) is 0. The number of morpholine rings is 1. The highest BCUT2D eigenvalue weighted by Gasteiger charge is 2.29. The number of carbonyl (C=O) groups excluding carboxylic acids is 2. The van der Waals surface area contributed by atoms with Crippen molar-refractivity contribution >= 4 is 35.3 Å². The van der Waals surface area contributed by atoms with E-state index in [1.54, 1.807) is 37.3 Å². The Balaban J connectivity index is 1.84. The fourth-order valence-electron chi connectivity index (χ4n) is 3.20. The third kappa shape index (κ3) is 6.43. The van der Waals surface area contributed by atoms with Crippen molar-refractivity contribution in [3.63, 3.8) is 0 Å². The smallest absolute Gasteiger partial charge is 0.322 e. The van der Waals surface area contributed by atoms with Crippen LogP contribution in [0.2, 0.25) is 5.02 Å². The Kier molecular flexibility index (Phi) is 8.28. The summed E-state index contributed by atoms with van der Waals surface area (Å²) >= 11 is 5.87. The number of benzene rings is 2. The molecule has 1 fully saturated rings. The van der Waals surface area contributed by atoms with Crippen LogP contribution < -0.4 is 0 Å². The molecule has 1 aliphatic heterocycles. The summed E-state index contributed by atoms with van der Waals surface area (Å²) in [6.07, 6.45) is 1.19. The minimum absolute atomic E-state index is 0.0942. The number of rotatable bonds is 8. The van der Waals surface area contributed by atoms with Crippen LogP contribution in [0.5, 0.6) is 0 Å². The zero-order chi connectivity index (χ0) is 22.2. The first-order valence-electron chi connectivity index (χ1n) is 10.1. The number of carbonyl (C=O) groups is 2. The van der Waals surface area contributed by atoms with E-state index >= 15 is 0 Å². The fraction of sp³-hybridized carbons (Fsp3) is 0.348. The van der Waals surface area contributed by atoms with Crippen LogP contribution >= 0.6 is 11.6 Å². The average Bonchev–Trinajstić information content (AvgIpc) is 2.77. The van der Waals surface area contributed by atoms with Gasteiger partial charge in [0.25, 0.3) is 0 Å². The van der Waals surface area contributed by atoms with Crippen LogP contribution in [-0.4, -0.2) is 55.8 Å². The molecule has 0 bridgehead atoms. The standard InChI is InChI=1S/C23H24ClFN2O4/c1-2-31-23(29)20(14-26-18-6-4-17(24)5-7-18)22(28)19-13-16(3-8-21(19)25)15-27-9-11-30-12-10-27/h3-8,13-14,20H,2,9-12,15H2,1H3. The second-order valence-corrected chi connectivity index (χ2v) is 7.49. The van der Waals surface area contributed by atoms with Crippen molar-refractivity contribution in [2.24, 2.45) is 10.9 Å². The molecule has 0 N–H and O–H groups in total. The maximum absolute atomic E-state index is 14.6. The summed E-state index contributed by atoms with van der Waals surface area (Å²) in [5, 5.41) is 0.538. The van der Waals surface area contributed by atoms with Crippen molar-refractivity contribution < 1.29 is 23.5 Å². The second kappa shape index (κ2) is 11.1. The van der Waals surface area contributed by atoms with Gasteiger partial charge in [-0.2, -0.15) is 0 Å². The van der Waals surface area contributed by atoms with E-state index in [0.29, 0.717) is 30.5 Å². The van der Waals surface area contributed by atoms with Gasteiger partial charge in [-0.15, -0.1) is 0 Å². The molecule has 1 saturated heterocycles. The molecule has 0 saturated carbocycles. The zero-order valence-corrected chi connectivity index (χ0v) is 18.0. The Morgan fingerprint density at radius 3 is 2.61 bits per heavy atom. The van der Waals surface area contributed by atoms with E-state index in [9.17, 15) is 14.0 Å². The third-order valence-corrected chi connectivity index (χ3v) is 5.08. The van der Waals surface area contributed by atoms with Crippen molar-refractivity contribution in [2.45, 2.75) is 13.5 Å². The van der Waals surface area contributed by atoms with Gasteiger partial charge in [-0.3, -0.25) is 19.5 Å². The number of halogens is 2. The second-order valence-electron chi connectivity index (χ2n) is 7.05. The molecule has 0 amide bonds. The van der Waals surface area contributed by atoms with Crippen molar-refractivity contribution in [1.82, 2.24) is 4.90 Å². The summed E-state index contributed by atoms with van der Waals surface area (Å²) in [6, 6.07) is 11.0. The lowest BCUT2D eigenvalue weighted by atomic mass is 9.96. The molecule has 6 nitrogen and oxygen atoms in total. The number of hydrogen-bond acceptors (Lipinski definition) is 6. The molecule has 3 rings (SSSR count). The van der Waals surface area contributed by atoms with Crippen LogP contribution in [0.15, 0.2) is 47.5 Å². The molecule has 1 heterocycles. The number of esters is 1. The van der Waals surface area contributed by atoms with Crippen molar-refractivity contribution in [3.8, 4) is 0 Å². The molecule has 31 heavy (non-hydrogen) atoms. The molecule has 1 unspecified atom stereocenters. The van der Waals surface area contributed by atoms with E-state index in [1.807, 2.05) is 0 Å². The highest BCUT2D eigenvalue weighted by molar-refractivity contribution is 6.30. The quantitative estimate of drug-likeness (QED) is 0.264. The van der Waals surface area contributed by atoms with E-state index in [1.165, 1.54) is 18.3 Å². The Morgan fingerprint density at radius 1 is 1.23 bits per heavy atom. The van der Waals surface area contributed by atoms with Crippen LogP contribution in [0.1, 0.15) is 22.8 Å². The summed E-state index contributed by atoms with van der Waals surface area (Å²) in [6.45, 7) is 5.10. The normalized spacial score (nSPS) is 15.7. The fourth-order valence-corrected chi connectivity index (χ4v) is 3.33. The van der Waals surface area contributed by atoms with Gasteiger partial charge in [0.2, 0.25) is 0 Å². The molecule has 0 spiro atoms. The highest BCUT2D eigenvalue weighted by Crippen LogP contribution is 2.20. The molecule has 2 aromatic rings. The molecule has 2 aromatic carbocycles. The first-order chi connectivity index (χ1) is 15.0. The Morgan fingerprint density at radius 2 is 1.94 bits per heavy atom. The van der Waals surface area contributed by atoms with E-state index in [2.05, 4.69) is 9.89 Å². The van der Waals surface area contributed by atoms with Crippen LogP contribution in [0, 0.1) is 11.7 Å². The average molecular weight is 447 g/mol. The van der Waals surface area contributed by atoms with Gasteiger partial charge in [0, 0.05) is 30.9 Å². The minimum Gasteiger partial charge on any atom is -0.465 e. The number of nitrogens with zero attached hydrogens (tertiary/aromatic N) is 2. The summed E-state index contributed by atoms with van der Waals surface area (Å²) in [4.78, 5) is 31.9. The Labute approximate surface area is 185 Å². The highest BCUT2D eigenvalue weighted by atomic mass is 35.5. The predicted molar refractivity (Wildman–Crippen MR) is 117 cm³/mol. The molecule has 164 valence electrons. The molecule has 0 aromatic heterocycles. The van der Waals surface area contributed by atoms with Crippen LogP contribution in [-0.2, 0) is 20.8 Å². The Hall–Kier alpha value is -2.61. The lowest BCUT2D eigenvalue weighted by molar-refractivity contribution is -0.143. The molecule has 1 atom stereocenters. The van der Waals surface area contributed by atoms with Crippen molar-refractivity contribution in [1.29, 1.82) is 0 Å². The Bertz CT molecular complexity index is 943. The monoisotopic (exact) mass is 446 g/mol. The maximum Gasteiger partial charge on any atom is 0.322 e. The van der Waals surface area contributed by atoms with E-state index in [-0.39, 0.29) is 12.2 Å². The van der Waals surface area contributed by atoms with Crippen LogP contribution in [0.3, 0.4) is 0 Å². The number of ether oxygens (including phenoxy) is 2. The number of Topliss-reactive ketones (excluding diaryl/α,β-unsaturated/α-hetero) is 1. The van der Waals surface area contributed by atoms with Gasteiger partial charge in [0.15, 0.2) is 11.7 Å². The lowest BCUT2D eigenvalue weighted by Gasteiger charge is -2.26. The van der Waals surface area contributed by atoms with Gasteiger partial charge < -0.3 is 9.47 Å². The molecular formula is C23H24ClFN2O4. The van der Waals surface area contributed by atoms with Gasteiger partial charge in [-0.05, 0) is 48.9 Å². The maximum atomic E-state index is 14.6. The topological polar surface area (TPSA) is 68.2 Å².